The first-order valence-corrected chi connectivity index (χ1v) is 14.3. The van der Waals surface area contributed by atoms with Crippen LogP contribution in [0.15, 0.2) is 52.5 Å². The number of halogens is 1. The number of phenolic OH excluding ortho intramolecular Hbond substituents is 1. The SMILES string of the molecule is CCCCN(CCCC)CCCN1C(=O)C(=O)C(=C(O)c2ccc(Br)cc2)[C@H]1c1ccc(O)c(OCC)c1. The Morgan fingerprint density at radius 1 is 0.974 bits per heavy atom. The van der Waals surface area contributed by atoms with Gasteiger partial charge in [0, 0.05) is 16.6 Å². The quantitative estimate of drug-likeness (QED) is 0.154. The van der Waals surface area contributed by atoms with E-state index < -0.39 is 17.7 Å². The number of ketones is 1. The molecule has 1 aliphatic rings. The Morgan fingerprint density at radius 3 is 2.21 bits per heavy atom. The first-order valence-electron chi connectivity index (χ1n) is 13.5. The van der Waals surface area contributed by atoms with Crippen LogP contribution in [0.25, 0.3) is 5.76 Å². The van der Waals surface area contributed by atoms with Gasteiger partial charge in [-0.1, -0.05) is 60.8 Å². The van der Waals surface area contributed by atoms with E-state index in [2.05, 4.69) is 34.7 Å². The zero-order chi connectivity index (χ0) is 27.7. The predicted octanol–water partition coefficient (Wildman–Crippen LogP) is 6.27. The van der Waals surface area contributed by atoms with E-state index in [9.17, 15) is 19.8 Å². The first kappa shape index (κ1) is 29.7. The van der Waals surface area contributed by atoms with Crippen molar-refractivity contribution in [1.82, 2.24) is 9.80 Å². The average molecular weight is 588 g/mol. The number of amides is 1. The molecule has 1 saturated heterocycles. The molecule has 206 valence electrons. The molecule has 2 aromatic carbocycles. The van der Waals surface area contributed by atoms with Crippen LogP contribution in [0.4, 0.5) is 0 Å². The van der Waals surface area contributed by atoms with Gasteiger partial charge in [0.15, 0.2) is 11.5 Å². The van der Waals surface area contributed by atoms with Crippen molar-refractivity contribution >= 4 is 33.4 Å². The summed E-state index contributed by atoms with van der Waals surface area (Å²) in [5.41, 5.74) is 1.09. The summed E-state index contributed by atoms with van der Waals surface area (Å²) in [7, 11) is 0. The van der Waals surface area contributed by atoms with E-state index in [4.69, 9.17) is 4.74 Å². The number of hydrogen-bond acceptors (Lipinski definition) is 6. The Labute approximate surface area is 234 Å². The fourth-order valence-corrected chi connectivity index (χ4v) is 5.02. The molecule has 0 aromatic heterocycles. The van der Waals surface area contributed by atoms with Gasteiger partial charge in [-0.05, 0) is 75.6 Å². The van der Waals surface area contributed by atoms with E-state index in [0.717, 1.165) is 49.8 Å². The summed E-state index contributed by atoms with van der Waals surface area (Å²) in [6.45, 7) is 9.73. The second kappa shape index (κ2) is 14.4. The van der Waals surface area contributed by atoms with Crippen LogP contribution >= 0.6 is 15.9 Å². The molecule has 7 nitrogen and oxygen atoms in total. The number of hydrogen-bond donors (Lipinski definition) is 2. The highest BCUT2D eigenvalue weighted by atomic mass is 79.9. The molecule has 1 heterocycles. The second-order valence-corrected chi connectivity index (χ2v) is 10.5. The van der Waals surface area contributed by atoms with Crippen LogP contribution in [0, 0.1) is 0 Å². The highest BCUT2D eigenvalue weighted by Gasteiger charge is 2.46. The van der Waals surface area contributed by atoms with E-state index in [1.807, 2.05) is 6.92 Å². The summed E-state index contributed by atoms with van der Waals surface area (Å²) in [4.78, 5) is 30.6. The van der Waals surface area contributed by atoms with Crippen molar-refractivity contribution in [3.05, 3.63) is 63.6 Å². The predicted molar refractivity (Wildman–Crippen MR) is 153 cm³/mol. The molecule has 0 radical (unpaired) electrons. The molecule has 1 fully saturated rings. The van der Waals surface area contributed by atoms with Crippen LogP contribution in [0.1, 0.15) is 70.0 Å². The lowest BCUT2D eigenvalue weighted by molar-refractivity contribution is -0.140. The second-order valence-electron chi connectivity index (χ2n) is 9.56. The highest BCUT2D eigenvalue weighted by Crippen LogP contribution is 2.42. The van der Waals surface area contributed by atoms with Crippen molar-refractivity contribution in [3.8, 4) is 11.5 Å². The molecule has 0 bridgehead atoms. The van der Waals surface area contributed by atoms with Gasteiger partial charge >= 0.3 is 0 Å². The molecule has 38 heavy (non-hydrogen) atoms. The molecule has 1 amide bonds. The molecule has 2 aromatic rings. The highest BCUT2D eigenvalue weighted by molar-refractivity contribution is 9.10. The Balaban J connectivity index is 1.98. The Kier molecular flexibility index (Phi) is 11.2. The number of likely N-dealkylation sites (tertiary alicyclic amines) is 1. The number of rotatable bonds is 14. The number of unbranched alkanes of at least 4 members (excludes halogenated alkanes) is 2. The monoisotopic (exact) mass is 586 g/mol. The van der Waals surface area contributed by atoms with Crippen LogP contribution in [0.3, 0.4) is 0 Å². The van der Waals surface area contributed by atoms with Crippen molar-refractivity contribution in [2.24, 2.45) is 0 Å². The minimum Gasteiger partial charge on any atom is -0.507 e. The zero-order valence-electron chi connectivity index (χ0n) is 22.6. The number of benzene rings is 2. The van der Waals surface area contributed by atoms with E-state index in [1.165, 1.54) is 6.07 Å². The van der Waals surface area contributed by atoms with Crippen molar-refractivity contribution in [2.45, 2.75) is 58.9 Å². The minimum absolute atomic E-state index is 0.0250. The van der Waals surface area contributed by atoms with Gasteiger partial charge in [0.2, 0.25) is 0 Å². The maximum absolute atomic E-state index is 13.3. The lowest BCUT2D eigenvalue weighted by Crippen LogP contribution is -2.34. The summed E-state index contributed by atoms with van der Waals surface area (Å²) in [6.07, 6.45) is 5.18. The third-order valence-corrected chi connectivity index (χ3v) is 7.31. The van der Waals surface area contributed by atoms with Gasteiger partial charge in [-0.3, -0.25) is 9.59 Å². The number of carbonyl (C=O) groups excluding carboxylic acids is 2. The molecule has 0 saturated carbocycles. The molecular formula is C30H39BrN2O5. The fraction of sp³-hybridized carbons (Fsp3) is 0.467. The fourth-order valence-electron chi connectivity index (χ4n) is 4.76. The van der Waals surface area contributed by atoms with E-state index in [0.29, 0.717) is 30.7 Å². The minimum atomic E-state index is -0.793. The molecule has 0 aliphatic carbocycles. The standard InChI is InChI=1S/C30H39BrN2O5/c1-4-7-16-32(17-8-5-2)18-9-19-33-27(22-12-15-24(34)25(20-22)38-6-3)26(29(36)30(33)37)28(35)21-10-13-23(31)14-11-21/h10-15,20,27,34-35H,4-9,16-19H2,1-3H3/t27-/m1/s1. The summed E-state index contributed by atoms with van der Waals surface area (Å²) in [5, 5.41) is 21.5. The third kappa shape index (κ3) is 7.17. The van der Waals surface area contributed by atoms with Crippen LogP contribution in [-0.2, 0) is 9.59 Å². The van der Waals surface area contributed by atoms with E-state index in [1.54, 1.807) is 41.3 Å². The first-order chi connectivity index (χ1) is 18.3. The molecule has 0 unspecified atom stereocenters. The van der Waals surface area contributed by atoms with Crippen LogP contribution < -0.4 is 4.74 Å². The van der Waals surface area contributed by atoms with Crippen molar-refractivity contribution in [3.63, 3.8) is 0 Å². The Morgan fingerprint density at radius 2 is 1.61 bits per heavy atom. The normalized spacial score (nSPS) is 17.0. The molecule has 0 spiro atoms. The lowest BCUT2D eigenvalue weighted by atomic mass is 9.95. The van der Waals surface area contributed by atoms with Gasteiger partial charge in [-0.15, -0.1) is 0 Å². The van der Waals surface area contributed by atoms with Crippen molar-refractivity contribution < 1.29 is 24.5 Å². The number of nitrogens with zero attached hydrogens (tertiary/aromatic N) is 2. The Bertz CT molecular complexity index is 1120. The van der Waals surface area contributed by atoms with Gasteiger partial charge in [0.1, 0.15) is 5.76 Å². The maximum atomic E-state index is 13.3. The van der Waals surface area contributed by atoms with Crippen molar-refractivity contribution in [2.75, 3.05) is 32.8 Å². The molecule has 2 N–H and O–H groups in total. The van der Waals surface area contributed by atoms with Crippen LogP contribution in [-0.4, -0.2) is 64.5 Å². The zero-order valence-corrected chi connectivity index (χ0v) is 24.2. The van der Waals surface area contributed by atoms with Crippen LogP contribution in [0.2, 0.25) is 0 Å². The number of aromatic hydroxyl groups is 1. The molecule has 1 aliphatic heterocycles. The van der Waals surface area contributed by atoms with E-state index >= 15 is 0 Å². The molecule has 3 rings (SSSR count). The summed E-state index contributed by atoms with van der Waals surface area (Å²) in [6, 6.07) is 11.0. The lowest BCUT2D eigenvalue weighted by Gasteiger charge is -2.28. The molecule has 8 heteroatoms. The van der Waals surface area contributed by atoms with Gasteiger partial charge in [-0.2, -0.15) is 0 Å². The molecule has 1 atom stereocenters. The largest absolute Gasteiger partial charge is 0.507 e. The Hall–Kier alpha value is -2.84. The average Bonchev–Trinajstić information content (AvgIpc) is 3.16. The summed E-state index contributed by atoms with van der Waals surface area (Å²) >= 11 is 3.39. The van der Waals surface area contributed by atoms with E-state index in [-0.39, 0.29) is 22.8 Å². The number of phenols is 1. The summed E-state index contributed by atoms with van der Waals surface area (Å²) in [5.74, 6) is -1.32. The smallest absolute Gasteiger partial charge is 0.295 e. The van der Waals surface area contributed by atoms with Gasteiger partial charge in [0.25, 0.3) is 11.7 Å². The van der Waals surface area contributed by atoms with Crippen molar-refractivity contribution in [1.29, 1.82) is 0 Å². The third-order valence-electron chi connectivity index (χ3n) is 6.79. The molecular weight excluding hydrogens is 548 g/mol. The van der Waals surface area contributed by atoms with Gasteiger partial charge < -0.3 is 24.7 Å². The number of Topliss-reactive ketones (excluding diaryl/α,β-unsaturated/α-hetero) is 1. The summed E-state index contributed by atoms with van der Waals surface area (Å²) < 4.78 is 6.41. The topological polar surface area (TPSA) is 90.3 Å². The number of ether oxygens (including phenoxy) is 1. The van der Waals surface area contributed by atoms with Crippen LogP contribution in [0.5, 0.6) is 11.5 Å². The number of aliphatic hydroxyl groups excluding tert-OH is 1. The maximum Gasteiger partial charge on any atom is 0.295 e. The number of carbonyl (C=O) groups is 2. The van der Waals surface area contributed by atoms with Gasteiger partial charge in [0.05, 0.1) is 18.2 Å². The number of aliphatic hydroxyl groups is 1. The van der Waals surface area contributed by atoms with Gasteiger partial charge in [-0.25, -0.2) is 0 Å².